The molecule has 0 saturated carbocycles. The Morgan fingerprint density at radius 2 is 1.88 bits per heavy atom. The molecule has 98 valence electrons. The van der Waals surface area contributed by atoms with Crippen molar-refractivity contribution in [1.29, 1.82) is 0 Å². The average Bonchev–Trinajstić information content (AvgIpc) is 2.63. The van der Waals surface area contributed by atoms with E-state index in [1.807, 2.05) is 11.8 Å². The van der Waals surface area contributed by atoms with Gasteiger partial charge in [-0.05, 0) is 39.8 Å². The van der Waals surface area contributed by atoms with Crippen molar-refractivity contribution in [3.05, 3.63) is 0 Å². The van der Waals surface area contributed by atoms with Gasteiger partial charge in [-0.25, -0.2) is 0 Å². The average molecular weight is 257 g/mol. The van der Waals surface area contributed by atoms with Crippen molar-refractivity contribution in [3.8, 4) is 0 Å². The van der Waals surface area contributed by atoms with Crippen LogP contribution in [0.25, 0.3) is 0 Å². The zero-order valence-electron chi connectivity index (χ0n) is 10.9. The molecule has 3 saturated heterocycles. The second-order valence-corrected chi connectivity index (χ2v) is 7.70. The summed E-state index contributed by atoms with van der Waals surface area (Å²) < 4.78 is 12.6. The highest BCUT2D eigenvalue weighted by molar-refractivity contribution is 8.00. The minimum atomic E-state index is -0.0487. The highest BCUT2D eigenvalue weighted by Crippen LogP contribution is 2.53. The maximum atomic E-state index is 6.46. The summed E-state index contributed by atoms with van der Waals surface area (Å²) in [6, 6.07) is 0. The Balaban J connectivity index is 1.85. The Labute approximate surface area is 108 Å². The summed E-state index contributed by atoms with van der Waals surface area (Å²) in [7, 11) is 0. The van der Waals surface area contributed by atoms with E-state index in [0.29, 0.717) is 0 Å². The molecule has 1 unspecified atom stereocenters. The minimum Gasteiger partial charge on any atom is -0.369 e. The first kappa shape index (κ1) is 12.3. The van der Waals surface area contributed by atoms with Crippen LogP contribution in [-0.2, 0) is 9.47 Å². The lowest BCUT2D eigenvalue weighted by Gasteiger charge is -2.53. The summed E-state index contributed by atoms with van der Waals surface area (Å²) in [4.78, 5) is 0.0408. The van der Waals surface area contributed by atoms with Crippen LogP contribution in [0.5, 0.6) is 0 Å². The summed E-state index contributed by atoms with van der Waals surface area (Å²) in [6.45, 7) is 7.52. The van der Waals surface area contributed by atoms with Gasteiger partial charge in [0.25, 0.3) is 0 Å². The van der Waals surface area contributed by atoms with Gasteiger partial charge in [-0.1, -0.05) is 0 Å². The molecule has 3 rings (SSSR count). The SMILES string of the molecule is CC1(C)CC2(CC3(CCNCC3)O1)OCCS2. The van der Waals surface area contributed by atoms with E-state index >= 15 is 0 Å². The lowest BCUT2D eigenvalue weighted by molar-refractivity contribution is -0.225. The molecular formula is C13H23NO2S. The topological polar surface area (TPSA) is 30.5 Å². The van der Waals surface area contributed by atoms with Crippen LogP contribution in [0.2, 0.25) is 0 Å². The highest BCUT2D eigenvalue weighted by Gasteiger charge is 2.54. The molecule has 0 radical (unpaired) electrons. The van der Waals surface area contributed by atoms with Crippen molar-refractivity contribution in [2.75, 3.05) is 25.4 Å². The van der Waals surface area contributed by atoms with Gasteiger partial charge < -0.3 is 14.8 Å². The van der Waals surface area contributed by atoms with E-state index in [9.17, 15) is 0 Å². The van der Waals surface area contributed by atoms with Gasteiger partial charge in [0.05, 0.1) is 17.8 Å². The molecule has 3 fully saturated rings. The zero-order valence-corrected chi connectivity index (χ0v) is 11.7. The number of hydrogen-bond acceptors (Lipinski definition) is 4. The molecule has 0 bridgehead atoms. The van der Waals surface area contributed by atoms with Crippen LogP contribution in [-0.4, -0.2) is 41.6 Å². The first-order valence-corrected chi connectivity index (χ1v) is 7.71. The third kappa shape index (κ3) is 2.37. The summed E-state index contributed by atoms with van der Waals surface area (Å²) in [5.41, 5.74) is 0.0112. The highest BCUT2D eigenvalue weighted by atomic mass is 32.2. The fraction of sp³-hybridized carbons (Fsp3) is 1.00. The second kappa shape index (κ2) is 4.12. The van der Waals surface area contributed by atoms with Crippen molar-refractivity contribution in [1.82, 2.24) is 5.32 Å². The molecule has 3 nitrogen and oxygen atoms in total. The lowest BCUT2D eigenvalue weighted by Crippen LogP contribution is -2.58. The van der Waals surface area contributed by atoms with Gasteiger partial charge >= 0.3 is 0 Å². The van der Waals surface area contributed by atoms with Gasteiger partial charge in [0.1, 0.15) is 4.93 Å². The normalized spacial score (nSPS) is 39.9. The van der Waals surface area contributed by atoms with E-state index in [0.717, 1.165) is 51.1 Å². The van der Waals surface area contributed by atoms with Crippen molar-refractivity contribution in [2.45, 2.75) is 55.7 Å². The van der Waals surface area contributed by atoms with Crippen LogP contribution in [0, 0.1) is 0 Å². The third-order valence-electron chi connectivity index (χ3n) is 4.11. The van der Waals surface area contributed by atoms with Crippen LogP contribution in [0.4, 0.5) is 0 Å². The first-order chi connectivity index (χ1) is 8.04. The van der Waals surface area contributed by atoms with E-state index in [2.05, 4.69) is 19.2 Å². The number of rotatable bonds is 0. The predicted molar refractivity (Wildman–Crippen MR) is 70.4 cm³/mol. The Morgan fingerprint density at radius 3 is 2.53 bits per heavy atom. The molecule has 0 aliphatic carbocycles. The van der Waals surface area contributed by atoms with Crippen molar-refractivity contribution >= 4 is 11.8 Å². The smallest absolute Gasteiger partial charge is 0.119 e. The number of thioether (sulfide) groups is 1. The molecule has 0 aromatic carbocycles. The molecular weight excluding hydrogens is 234 g/mol. The van der Waals surface area contributed by atoms with Gasteiger partial charge in [-0.2, -0.15) is 0 Å². The Morgan fingerprint density at radius 1 is 1.12 bits per heavy atom. The van der Waals surface area contributed by atoms with Gasteiger partial charge in [0.2, 0.25) is 0 Å². The summed E-state index contributed by atoms with van der Waals surface area (Å²) >= 11 is 2.01. The van der Waals surface area contributed by atoms with Gasteiger partial charge in [0, 0.05) is 18.6 Å². The van der Waals surface area contributed by atoms with Crippen LogP contribution in [0.15, 0.2) is 0 Å². The lowest BCUT2D eigenvalue weighted by atomic mass is 9.79. The van der Waals surface area contributed by atoms with Crippen LogP contribution in [0.3, 0.4) is 0 Å². The molecule has 0 aromatic rings. The molecule has 2 spiro atoms. The van der Waals surface area contributed by atoms with E-state index in [4.69, 9.17) is 9.47 Å². The number of hydrogen-bond donors (Lipinski definition) is 1. The van der Waals surface area contributed by atoms with Gasteiger partial charge in [-0.15, -0.1) is 11.8 Å². The van der Waals surface area contributed by atoms with E-state index in [1.165, 1.54) is 0 Å². The van der Waals surface area contributed by atoms with Crippen LogP contribution < -0.4 is 5.32 Å². The number of ether oxygens (including phenoxy) is 2. The molecule has 3 heterocycles. The second-order valence-electron chi connectivity index (χ2n) is 6.26. The Kier molecular flexibility index (Phi) is 2.97. The fourth-order valence-electron chi connectivity index (χ4n) is 3.72. The Bertz CT molecular complexity index is 294. The Hall–Kier alpha value is 0.230. The summed E-state index contributed by atoms with van der Waals surface area (Å²) in [5.74, 6) is 1.14. The molecule has 17 heavy (non-hydrogen) atoms. The zero-order chi connectivity index (χ0) is 12.0. The van der Waals surface area contributed by atoms with E-state index in [1.54, 1.807) is 0 Å². The standard InChI is InChI=1S/C13H23NO2S/c1-11(2)9-13(15-7-8-17-13)10-12(16-11)3-5-14-6-4-12/h14H,3-10H2,1-2H3. The number of nitrogens with one attached hydrogen (secondary N) is 1. The number of piperidine rings is 1. The third-order valence-corrected chi connectivity index (χ3v) is 5.41. The van der Waals surface area contributed by atoms with Crippen molar-refractivity contribution in [2.24, 2.45) is 0 Å². The summed E-state index contributed by atoms with van der Waals surface area (Å²) in [6.07, 6.45) is 4.36. The van der Waals surface area contributed by atoms with Gasteiger partial charge in [-0.3, -0.25) is 0 Å². The summed E-state index contributed by atoms with van der Waals surface area (Å²) in [5, 5.41) is 3.44. The monoisotopic (exact) mass is 257 g/mol. The molecule has 3 aliphatic heterocycles. The predicted octanol–water partition coefficient (Wildman–Crippen LogP) is 2.16. The van der Waals surface area contributed by atoms with E-state index in [-0.39, 0.29) is 16.1 Å². The van der Waals surface area contributed by atoms with Crippen molar-refractivity contribution < 1.29 is 9.47 Å². The maximum absolute atomic E-state index is 6.46. The van der Waals surface area contributed by atoms with Crippen LogP contribution in [0.1, 0.15) is 39.5 Å². The van der Waals surface area contributed by atoms with E-state index < -0.39 is 0 Å². The largest absolute Gasteiger partial charge is 0.369 e. The maximum Gasteiger partial charge on any atom is 0.119 e. The van der Waals surface area contributed by atoms with Crippen molar-refractivity contribution in [3.63, 3.8) is 0 Å². The van der Waals surface area contributed by atoms with Gasteiger partial charge in [0.15, 0.2) is 0 Å². The fourth-order valence-corrected chi connectivity index (χ4v) is 5.24. The molecule has 0 aromatic heterocycles. The molecule has 4 heteroatoms. The first-order valence-electron chi connectivity index (χ1n) is 6.72. The minimum absolute atomic E-state index is 0.0408. The molecule has 0 amide bonds. The quantitative estimate of drug-likeness (QED) is 0.720. The van der Waals surface area contributed by atoms with Crippen LogP contribution >= 0.6 is 11.8 Å². The molecule has 3 aliphatic rings. The molecule has 1 N–H and O–H groups in total. The molecule has 1 atom stereocenters.